The number of carboxylic acids is 1. The van der Waals surface area contributed by atoms with Crippen LogP contribution in [-0.4, -0.2) is 58.9 Å². The molecule has 2 rings (SSSR count). The van der Waals surface area contributed by atoms with Crippen LogP contribution in [-0.2, 0) is 20.7 Å². The van der Waals surface area contributed by atoms with Crippen molar-refractivity contribution in [2.24, 2.45) is 0 Å². The first-order chi connectivity index (χ1) is 14.0. The molecule has 0 radical (unpaired) electrons. The number of likely N-dealkylation sites (tertiary alicyclic amines) is 1. The van der Waals surface area contributed by atoms with Gasteiger partial charge in [0.1, 0.15) is 6.61 Å². The molecule has 29 heavy (non-hydrogen) atoms. The first-order valence-corrected chi connectivity index (χ1v) is 9.94. The number of unbranched alkanes of at least 4 members (excludes halogenated alkanes) is 1. The number of aliphatic carboxylic acids is 1. The Bertz CT molecular complexity index is 756. The zero-order chi connectivity index (χ0) is 21.1. The molecule has 1 aliphatic rings. The van der Waals surface area contributed by atoms with Gasteiger partial charge in [-0.3, -0.25) is 4.79 Å². The molecule has 7 heteroatoms. The predicted octanol–water partition coefficient (Wildman–Crippen LogP) is 2.28. The summed E-state index contributed by atoms with van der Waals surface area (Å²) in [6, 6.07) is 9.27. The Hall–Kier alpha value is -2.69. The third kappa shape index (κ3) is 7.68. The molecule has 0 saturated carbocycles. The lowest BCUT2D eigenvalue weighted by Crippen LogP contribution is -2.43. The highest BCUT2D eigenvalue weighted by molar-refractivity contribution is 5.77. The Kier molecular flexibility index (Phi) is 9.35. The van der Waals surface area contributed by atoms with E-state index >= 15 is 0 Å². The van der Waals surface area contributed by atoms with Crippen molar-refractivity contribution < 1.29 is 24.5 Å². The van der Waals surface area contributed by atoms with Gasteiger partial charge in [0.25, 0.3) is 0 Å². The average Bonchev–Trinajstić information content (AvgIpc) is 2.70. The number of nitriles is 1. The van der Waals surface area contributed by atoms with Crippen LogP contribution in [0.15, 0.2) is 36.4 Å². The zero-order valence-corrected chi connectivity index (χ0v) is 16.5. The molecule has 0 aliphatic carbocycles. The second-order valence-corrected chi connectivity index (χ2v) is 7.13. The number of hydrogen-bond donors (Lipinski definition) is 2. The maximum Gasteiger partial charge on any atom is 0.329 e. The van der Waals surface area contributed by atoms with E-state index in [2.05, 4.69) is 6.07 Å². The highest BCUT2D eigenvalue weighted by atomic mass is 16.5. The highest BCUT2D eigenvalue weighted by Crippen LogP contribution is 2.20. The van der Waals surface area contributed by atoms with E-state index in [0.29, 0.717) is 38.0 Å². The number of hydrogen-bond acceptors (Lipinski definition) is 5. The van der Waals surface area contributed by atoms with Crippen molar-refractivity contribution >= 4 is 11.9 Å². The quantitative estimate of drug-likeness (QED) is 0.435. The summed E-state index contributed by atoms with van der Waals surface area (Å²) in [5, 5.41) is 28.1. The summed E-state index contributed by atoms with van der Waals surface area (Å²) in [5.74, 6) is -0.890. The van der Waals surface area contributed by atoms with Gasteiger partial charge in [-0.2, -0.15) is 5.26 Å². The van der Waals surface area contributed by atoms with Gasteiger partial charge in [0.2, 0.25) is 5.91 Å². The van der Waals surface area contributed by atoms with Crippen molar-refractivity contribution in [3.05, 3.63) is 47.5 Å². The van der Waals surface area contributed by atoms with Gasteiger partial charge in [0.15, 0.2) is 0 Å². The molecule has 0 aromatic heterocycles. The Morgan fingerprint density at radius 1 is 1.38 bits per heavy atom. The Balaban J connectivity index is 1.86. The van der Waals surface area contributed by atoms with Gasteiger partial charge in [0, 0.05) is 26.0 Å². The lowest BCUT2D eigenvalue weighted by atomic mass is 9.98. The number of ether oxygens (including phenoxy) is 1. The van der Waals surface area contributed by atoms with Crippen LogP contribution in [0, 0.1) is 11.3 Å². The minimum absolute atomic E-state index is 0.0583. The van der Waals surface area contributed by atoms with E-state index in [4.69, 9.17) is 15.1 Å². The predicted molar refractivity (Wildman–Crippen MR) is 107 cm³/mol. The molecular weight excluding hydrogens is 372 g/mol. The second kappa shape index (κ2) is 12.0. The van der Waals surface area contributed by atoms with Gasteiger partial charge < -0.3 is 19.8 Å². The lowest BCUT2D eigenvalue weighted by molar-refractivity contribution is -0.142. The van der Waals surface area contributed by atoms with Crippen LogP contribution >= 0.6 is 0 Å². The van der Waals surface area contributed by atoms with Crippen LogP contribution in [0.4, 0.5) is 0 Å². The van der Waals surface area contributed by atoms with Gasteiger partial charge in [-0.25, -0.2) is 4.79 Å². The van der Waals surface area contributed by atoms with Gasteiger partial charge >= 0.3 is 5.97 Å². The molecule has 1 aromatic carbocycles. The van der Waals surface area contributed by atoms with Crippen LogP contribution in [0.2, 0.25) is 0 Å². The number of benzene rings is 1. The highest BCUT2D eigenvalue weighted by Gasteiger charge is 2.25. The molecular formula is C22H28N2O5. The number of carbonyl (C=O) groups excluding carboxylic acids is 1. The molecule has 1 amide bonds. The first kappa shape index (κ1) is 22.6. The molecule has 0 bridgehead atoms. The molecule has 1 aromatic rings. The molecule has 2 N–H and O–H groups in total. The van der Waals surface area contributed by atoms with Crippen molar-refractivity contribution in [1.82, 2.24) is 4.90 Å². The van der Waals surface area contributed by atoms with Crippen LogP contribution in [0.1, 0.15) is 43.2 Å². The van der Waals surface area contributed by atoms with E-state index in [9.17, 15) is 14.7 Å². The molecule has 2 unspecified atom stereocenters. The number of aliphatic hydroxyl groups excluding tert-OH is 1. The summed E-state index contributed by atoms with van der Waals surface area (Å²) < 4.78 is 5.02. The standard InChI is InChI=1S/C22H28N2O5/c23-15-18-7-2-1-6-17(18)14-20(25)11-10-19-8-5-9-21(26)24(19)12-3-4-13-29-16-22(27)28/h1-2,6-7,10-11,19-20,25H,3-5,8-9,12-14,16H2,(H,27,28). The Morgan fingerprint density at radius 2 is 2.17 bits per heavy atom. The van der Waals surface area contributed by atoms with E-state index in [1.807, 2.05) is 23.1 Å². The number of carboxylic acid groups (broad SMARTS) is 1. The second-order valence-electron chi connectivity index (χ2n) is 7.13. The first-order valence-electron chi connectivity index (χ1n) is 9.94. The van der Waals surface area contributed by atoms with Crippen LogP contribution in [0.25, 0.3) is 0 Å². The monoisotopic (exact) mass is 400 g/mol. The van der Waals surface area contributed by atoms with Gasteiger partial charge in [-0.05, 0) is 37.3 Å². The number of rotatable bonds is 11. The van der Waals surface area contributed by atoms with Crippen molar-refractivity contribution in [2.75, 3.05) is 19.8 Å². The Morgan fingerprint density at radius 3 is 2.93 bits per heavy atom. The molecule has 1 heterocycles. The average molecular weight is 400 g/mol. The number of piperidine rings is 1. The van der Waals surface area contributed by atoms with E-state index < -0.39 is 12.1 Å². The van der Waals surface area contributed by atoms with Crippen molar-refractivity contribution in [3.63, 3.8) is 0 Å². The largest absolute Gasteiger partial charge is 0.480 e. The van der Waals surface area contributed by atoms with Gasteiger partial charge in [-0.15, -0.1) is 0 Å². The fraction of sp³-hybridized carbons (Fsp3) is 0.500. The maximum absolute atomic E-state index is 12.3. The number of nitrogens with zero attached hydrogens (tertiary/aromatic N) is 2. The van der Waals surface area contributed by atoms with Crippen molar-refractivity contribution in [3.8, 4) is 6.07 Å². The minimum atomic E-state index is -0.989. The molecule has 1 saturated heterocycles. The van der Waals surface area contributed by atoms with E-state index in [1.54, 1.807) is 18.2 Å². The third-order valence-electron chi connectivity index (χ3n) is 4.90. The molecule has 1 aliphatic heterocycles. The number of aliphatic hydroxyl groups is 1. The smallest absolute Gasteiger partial charge is 0.329 e. The molecule has 7 nitrogen and oxygen atoms in total. The molecule has 0 spiro atoms. The van der Waals surface area contributed by atoms with Crippen molar-refractivity contribution in [2.45, 2.75) is 50.7 Å². The number of amides is 1. The SMILES string of the molecule is N#Cc1ccccc1CC(O)C=CC1CCCC(=O)N1CCCCOCC(=O)O. The topological polar surface area (TPSA) is 111 Å². The molecule has 1 fully saturated rings. The van der Waals surface area contributed by atoms with Crippen LogP contribution < -0.4 is 0 Å². The van der Waals surface area contributed by atoms with Gasteiger partial charge in [-0.1, -0.05) is 30.4 Å². The summed E-state index contributed by atoms with van der Waals surface area (Å²) in [6.07, 6.45) is 6.82. The third-order valence-corrected chi connectivity index (χ3v) is 4.90. The summed E-state index contributed by atoms with van der Waals surface area (Å²) in [6.45, 7) is 0.629. The summed E-state index contributed by atoms with van der Waals surface area (Å²) in [7, 11) is 0. The molecule has 156 valence electrons. The van der Waals surface area contributed by atoms with Crippen LogP contribution in [0.3, 0.4) is 0 Å². The van der Waals surface area contributed by atoms with Gasteiger partial charge in [0.05, 0.1) is 23.8 Å². The van der Waals surface area contributed by atoms with E-state index in [-0.39, 0.29) is 18.6 Å². The minimum Gasteiger partial charge on any atom is -0.480 e. The molecule has 2 atom stereocenters. The fourth-order valence-corrected chi connectivity index (χ4v) is 3.44. The van der Waals surface area contributed by atoms with E-state index in [0.717, 1.165) is 24.8 Å². The summed E-state index contributed by atoms with van der Waals surface area (Å²) in [5.41, 5.74) is 1.35. The lowest BCUT2D eigenvalue weighted by Gasteiger charge is -2.34. The maximum atomic E-state index is 12.3. The Labute approximate surface area is 171 Å². The summed E-state index contributed by atoms with van der Waals surface area (Å²) >= 11 is 0. The van der Waals surface area contributed by atoms with E-state index in [1.165, 1.54) is 0 Å². The normalized spacial score (nSPS) is 18.0. The zero-order valence-electron chi connectivity index (χ0n) is 16.5. The number of carbonyl (C=O) groups is 2. The van der Waals surface area contributed by atoms with Crippen LogP contribution in [0.5, 0.6) is 0 Å². The fourth-order valence-electron chi connectivity index (χ4n) is 3.44. The summed E-state index contributed by atoms with van der Waals surface area (Å²) in [4.78, 5) is 24.6. The van der Waals surface area contributed by atoms with Crippen molar-refractivity contribution in [1.29, 1.82) is 5.26 Å².